The van der Waals surface area contributed by atoms with E-state index in [0.29, 0.717) is 0 Å². The molecule has 19 heavy (non-hydrogen) atoms. The van der Waals surface area contributed by atoms with Gasteiger partial charge in [0.1, 0.15) is 28.8 Å². The number of carbonyl (C=O) groups excluding carboxylic acids is 2. The number of carbonyl (C=O) groups is 2. The van der Waals surface area contributed by atoms with E-state index in [1.807, 2.05) is 6.07 Å². The Kier molecular flexibility index (Phi) is 2.07. The maximum absolute atomic E-state index is 12.4. The summed E-state index contributed by atoms with van der Waals surface area (Å²) in [7, 11) is 1.55. The van der Waals surface area contributed by atoms with E-state index >= 15 is 0 Å². The van der Waals surface area contributed by atoms with E-state index in [-0.39, 0.29) is 45.5 Å². The van der Waals surface area contributed by atoms with Crippen molar-refractivity contribution < 1.29 is 9.59 Å². The molecule has 0 saturated carbocycles. The van der Waals surface area contributed by atoms with Crippen molar-refractivity contribution in [1.82, 2.24) is 9.55 Å². The van der Waals surface area contributed by atoms with Gasteiger partial charge in [0.25, 0.3) is 0 Å². The van der Waals surface area contributed by atoms with Crippen molar-refractivity contribution in [3.05, 3.63) is 46.4 Å². The summed E-state index contributed by atoms with van der Waals surface area (Å²) in [5.41, 5.74) is 6.33. The Bertz CT molecular complexity index is 796. The molecule has 6 heteroatoms. The zero-order chi connectivity index (χ0) is 13.7. The molecule has 0 amide bonds. The third kappa shape index (κ3) is 1.21. The van der Waals surface area contributed by atoms with Crippen LogP contribution in [0.2, 0.25) is 0 Å². The van der Waals surface area contributed by atoms with Gasteiger partial charge in [-0.3, -0.25) is 14.6 Å². The van der Waals surface area contributed by atoms with E-state index in [0.717, 1.165) is 0 Å². The fourth-order valence-corrected chi connectivity index (χ4v) is 2.32. The SMILES string of the molecule is Cn1c(N)c(C#N)c2c1C(=O)c1ncccc1C2=O. The molecule has 0 bridgehead atoms. The third-order valence-electron chi connectivity index (χ3n) is 3.26. The second-order valence-corrected chi connectivity index (χ2v) is 4.21. The molecule has 3 rings (SSSR count). The van der Waals surface area contributed by atoms with Crippen LogP contribution in [0.5, 0.6) is 0 Å². The fraction of sp³-hybridized carbons (Fsp3) is 0.0769. The van der Waals surface area contributed by atoms with Gasteiger partial charge in [-0.25, -0.2) is 0 Å². The minimum atomic E-state index is -0.388. The Morgan fingerprint density at radius 3 is 2.79 bits per heavy atom. The topological polar surface area (TPSA) is 102 Å². The number of fused-ring (bicyclic) bond motifs is 2. The van der Waals surface area contributed by atoms with Crippen molar-refractivity contribution in [1.29, 1.82) is 5.26 Å². The first-order chi connectivity index (χ1) is 9.07. The molecule has 6 nitrogen and oxygen atoms in total. The van der Waals surface area contributed by atoms with Crippen LogP contribution in [0.4, 0.5) is 5.82 Å². The lowest BCUT2D eigenvalue weighted by molar-refractivity contribution is 0.0970. The van der Waals surface area contributed by atoms with Crippen LogP contribution < -0.4 is 5.73 Å². The Morgan fingerprint density at radius 2 is 2.11 bits per heavy atom. The predicted molar refractivity (Wildman–Crippen MR) is 65.6 cm³/mol. The summed E-state index contributed by atoms with van der Waals surface area (Å²) in [6, 6.07) is 4.99. The highest BCUT2D eigenvalue weighted by Gasteiger charge is 2.37. The predicted octanol–water partition coefficient (Wildman–Crippen LogP) is 0.649. The quantitative estimate of drug-likeness (QED) is 0.632. The van der Waals surface area contributed by atoms with Gasteiger partial charge in [-0.1, -0.05) is 0 Å². The Balaban J connectivity index is 2.44. The summed E-state index contributed by atoms with van der Waals surface area (Å²) in [5, 5.41) is 9.12. The zero-order valence-corrected chi connectivity index (χ0v) is 9.97. The third-order valence-corrected chi connectivity index (χ3v) is 3.26. The van der Waals surface area contributed by atoms with Crippen molar-refractivity contribution in [2.75, 3.05) is 5.73 Å². The molecule has 0 saturated heterocycles. The first kappa shape index (κ1) is 11.2. The molecular formula is C13H8N4O2. The molecule has 2 heterocycles. The van der Waals surface area contributed by atoms with Crippen molar-refractivity contribution in [2.24, 2.45) is 7.05 Å². The number of nitrogens with zero attached hydrogens (tertiary/aromatic N) is 3. The van der Waals surface area contributed by atoms with Crippen LogP contribution in [-0.4, -0.2) is 21.1 Å². The number of pyridine rings is 1. The van der Waals surface area contributed by atoms with Gasteiger partial charge in [0.2, 0.25) is 5.78 Å². The summed E-state index contributed by atoms with van der Waals surface area (Å²) < 4.78 is 1.37. The summed E-state index contributed by atoms with van der Waals surface area (Å²) in [5.74, 6) is -0.663. The highest BCUT2D eigenvalue weighted by molar-refractivity contribution is 6.28. The number of aromatic nitrogens is 2. The van der Waals surface area contributed by atoms with Gasteiger partial charge in [0.15, 0.2) is 5.78 Å². The van der Waals surface area contributed by atoms with Crippen LogP contribution in [0.3, 0.4) is 0 Å². The minimum absolute atomic E-state index is 0.0466. The highest BCUT2D eigenvalue weighted by atomic mass is 16.1. The van der Waals surface area contributed by atoms with Crippen molar-refractivity contribution in [2.45, 2.75) is 0 Å². The average molecular weight is 252 g/mol. The van der Waals surface area contributed by atoms with Gasteiger partial charge in [-0.15, -0.1) is 0 Å². The van der Waals surface area contributed by atoms with E-state index in [4.69, 9.17) is 11.0 Å². The van der Waals surface area contributed by atoms with E-state index in [1.165, 1.54) is 16.8 Å². The van der Waals surface area contributed by atoms with Crippen LogP contribution in [0.25, 0.3) is 0 Å². The Labute approximate surface area is 108 Å². The average Bonchev–Trinajstić information content (AvgIpc) is 2.69. The van der Waals surface area contributed by atoms with Crippen LogP contribution in [0.15, 0.2) is 18.3 Å². The Morgan fingerprint density at radius 1 is 1.37 bits per heavy atom. The second kappa shape index (κ2) is 3.53. The maximum atomic E-state index is 12.4. The van der Waals surface area contributed by atoms with Gasteiger partial charge in [0.05, 0.1) is 11.1 Å². The number of nitrogens with two attached hydrogens (primary N) is 1. The number of hydrogen-bond acceptors (Lipinski definition) is 5. The van der Waals surface area contributed by atoms with Crippen LogP contribution >= 0.6 is 0 Å². The summed E-state index contributed by atoms with van der Waals surface area (Å²) in [4.78, 5) is 28.7. The fourth-order valence-electron chi connectivity index (χ4n) is 2.32. The first-order valence-electron chi connectivity index (χ1n) is 5.50. The van der Waals surface area contributed by atoms with Gasteiger partial charge in [0, 0.05) is 13.2 Å². The smallest absolute Gasteiger partial charge is 0.229 e. The standard InChI is InChI=1S/C13H8N4O2/c1-17-10-8(7(5-14)13(17)15)11(18)6-3-2-4-16-9(6)12(10)19/h2-4H,15H2,1H3. The number of ketones is 2. The van der Waals surface area contributed by atoms with Crippen molar-refractivity contribution >= 4 is 17.4 Å². The normalized spacial score (nSPS) is 12.8. The van der Waals surface area contributed by atoms with E-state index in [1.54, 1.807) is 13.1 Å². The summed E-state index contributed by atoms with van der Waals surface area (Å²) in [6.45, 7) is 0. The lowest BCUT2D eigenvalue weighted by atomic mass is 9.90. The molecule has 2 N–H and O–H groups in total. The molecule has 0 aromatic carbocycles. The van der Waals surface area contributed by atoms with Gasteiger partial charge >= 0.3 is 0 Å². The molecule has 1 aliphatic carbocycles. The number of nitrogen functional groups attached to an aromatic ring is 1. The number of anilines is 1. The maximum Gasteiger partial charge on any atom is 0.229 e. The van der Waals surface area contributed by atoms with Gasteiger partial charge in [-0.05, 0) is 12.1 Å². The van der Waals surface area contributed by atoms with Gasteiger partial charge < -0.3 is 10.3 Å². The van der Waals surface area contributed by atoms with Gasteiger partial charge in [-0.2, -0.15) is 5.26 Å². The molecule has 0 atom stereocenters. The first-order valence-corrected chi connectivity index (χ1v) is 5.50. The molecule has 0 fully saturated rings. The minimum Gasteiger partial charge on any atom is -0.384 e. The highest BCUT2D eigenvalue weighted by Crippen LogP contribution is 2.32. The van der Waals surface area contributed by atoms with Crippen molar-refractivity contribution in [3.63, 3.8) is 0 Å². The van der Waals surface area contributed by atoms with E-state index in [9.17, 15) is 9.59 Å². The van der Waals surface area contributed by atoms with Crippen LogP contribution in [0, 0.1) is 11.3 Å². The van der Waals surface area contributed by atoms with E-state index < -0.39 is 0 Å². The lowest BCUT2D eigenvalue weighted by Crippen LogP contribution is -2.23. The van der Waals surface area contributed by atoms with Crippen LogP contribution in [0.1, 0.15) is 37.7 Å². The largest absolute Gasteiger partial charge is 0.384 e. The molecule has 0 unspecified atom stereocenters. The molecule has 2 aromatic rings. The van der Waals surface area contributed by atoms with E-state index in [2.05, 4.69) is 4.98 Å². The molecule has 0 radical (unpaired) electrons. The zero-order valence-electron chi connectivity index (χ0n) is 9.97. The second-order valence-electron chi connectivity index (χ2n) is 4.21. The lowest BCUT2D eigenvalue weighted by Gasteiger charge is -2.14. The summed E-state index contributed by atoms with van der Waals surface area (Å²) >= 11 is 0. The molecular weight excluding hydrogens is 244 g/mol. The molecule has 0 spiro atoms. The summed E-state index contributed by atoms with van der Waals surface area (Å²) in [6.07, 6.45) is 1.45. The number of hydrogen-bond donors (Lipinski definition) is 1. The number of nitriles is 1. The van der Waals surface area contributed by atoms with Crippen molar-refractivity contribution in [3.8, 4) is 6.07 Å². The molecule has 0 aliphatic heterocycles. The molecule has 92 valence electrons. The monoisotopic (exact) mass is 252 g/mol. The molecule has 2 aromatic heterocycles. The van der Waals surface area contributed by atoms with Crippen LogP contribution in [-0.2, 0) is 7.05 Å². The number of rotatable bonds is 0. The molecule has 1 aliphatic rings. The Hall–Kier alpha value is -2.94.